The number of hydrogen-bond donors (Lipinski definition) is 1. The molecule has 3 heterocycles. The highest BCUT2D eigenvalue weighted by Gasteiger charge is 2.34. The number of benzene rings is 2. The van der Waals surface area contributed by atoms with Crippen LogP contribution in [0.2, 0.25) is 10.0 Å². The molecule has 0 spiro atoms. The first-order valence-corrected chi connectivity index (χ1v) is 11.2. The van der Waals surface area contributed by atoms with Crippen molar-refractivity contribution in [1.82, 2.24) is 9.88 Å². The molecule has 0 unspecified atom stereocenters. The van der Waals surface area contributed by atoms with E-state index in [4.69, 9.17) is 32.7 Å². The van der Waals surface area contributed by atoms with Crippen LogP contribution in [-0.2, 0) is 4.79 Å². The second-order valence-electron chi connectivity index (χ2n) is 8.05. The zero-order valence-corrected chi connectivity index (χ0v) is 19.2. The Morgan fingerprint density at radius 2 is 1.97 bits per heavy atom. The monoisotopic (exact) mass is 501 g/mol. The molecule has 3 aromatic rings. The summed E-state index contributed by atoms with van der Waals surface area (Å²) in [7, 11) is 0. The Bertz CT molecular complexity index is 1280. The molecule has 0 atom stereocenters. The first-order chi connectivity index (χ1) is 16.4. The molecular weight excluding hydrogens is 484 g/mol. The van der Waals surface area contributed by atoms with Crippen LogP contribution in [0, 0.1) is 11.7 Å². The Morgan fingerprint density at radius 3 is 2.74 bits per heavy atom. The van der Waals surface area contributed by atoms with Gasteiger partial charge < -0.3 is 19.7 Å². The second-order valence-corrected chi connectivity index (χ2v) is 8.93. The van der Waals surface area contributed by atoms with Gasteiger partial charge in [0.2, 0.25) is 0 Å². The van der Waals surface area contributed by atoms with E-state index in [9.17, 15) is 14.0 Å². The van der Waals surface area contributed by atoms with E-state index < -0.39 is 11.7 Å². The van der Waals surface area contributed by atoms with E-state index in [0.717, 1.165) is 11.6 Å². The molecule has 1 aromatic heterocycles. The number of anilines is 1. The lowest BCUT2D eigenvalue weighted by Gasteiger charge is -2.39. The van der Waals surface area contributed by atoms with E-state index in [1.165, 1.54) is 11.0 Å². The van der Waals surface area contributed by atoms with Gasteiger partial charge in [-0.25, -0.2) is 4.39 Å². The van der Waals surface area contributed by atoms with E-state index in [2.05, 4.69) is 10.3 Å². The minimum atomic E-state index is -0.694. The Kier molecular flexibility index (Phi) is 6.02. The molecule has 10 heteroatoms. The van der Waals surface area contributed by atoms with Crippen LogP contribution >= 0.6 is 23.2 Å². The van der Waals surface area contributed by atoms with Crippen molar-refractivity contribution in [2.24, 2.45) is 5.92 Å². The number of aromatic nitrogens is 1. The molecule has 2 amide bonds. The number of fused-ring (bicyclic) bond motifs is 1. The lowest BCUT2D eigenvalue weighted by atomic mass is 9.99. The van der Waals surface area contributed by atoms with E-state index in [0.29, 0.717) is 41.2 Å². The SMILES string of the molecule is O=C1COc2cc(F)c(C(=O)N3CC(COc4ccc(Cl)cc4-c4ccc(Cl)cn4)C3)cc2N1. The van der Waals surface area contributed by atoms with Gasteiger partial charge in [-0.2, -0.15) is 0 Å². The van der Waals surface area contributed by atoms with Crippen molar-refractivity contribution in [2.45, 2.75) is 0 Å². The van der Waals surface area contributed by atoms with Crippen LogP contribution in [0.5, 0.6) is 11.5 Å². The maximum Gasteiger partial charge on any atom is 0.262 e. The molecule has 1 saturated heterocycles. The van der Waals surface area contributed by atoms with Crippen molar-refractivity contribution in [3.05, 3.63) is 70.1 Å². The fourth-order valence-electron chi connectivity index (χ4n) is 3.85. The van der Waals surface area contributed by atoms with Crippen LogP contribution in [0.4, 0.5) is 10.1 Å². The molecule has 7 nitrogen and oxygen atoms in total. The van der Waals surface area contributed by atoms with Crippen molar-refractivity contribution in [3.8, 4) is 22.8 Å². The summed E-state index contributed by atoms with van der Waals surface area (Å²) in [5, 5.41) is 3.66. The number of amides is 2. The van der Waals surface area contributed by atoms with Crippen molar-refractivity contribution in [3.63, 3.8) is 0 Å². The summed E-state index contributed by atoms with van der Waals surface area (Å²) < 4.78 is 25.7. The number of carbonyl (C=O) groups excluding carboxylic acids is 2. The van der Waals surface area contributed by atoms with Gasteiger partial charge in [-0.3, -0.25) is 14.6 Å². The van der Waals surface area contributed by atoms with Gasteiger partial charge in [0.25, 0.3) is 11.8 Å². The zero-order chi connectivity index (χ0) is 23.8. The molecule has 0 saturated carbocycles. The minimum absolute atomic E-state index is 0.0781. The third-order valence-electron chi connectivity index (χ3n) is 5.60. The van der Waals surface area contributed by atoms with Gasteiger partial charge in [-0.1, -0.05) is 23.2 Å². The second kappa shape index (κ2) is 9.12. The summed E-state index contributed by atoms with van der Waals surface area (Å²) in [5.41, 5.74) is 1.58. The van der Waals surface area contributed by atoms with Crippen molar-refractivity contribution >= 4 is 40.7 Å². The van der Waals surface area contributed by atoms with Crippen LogP contribution in [-0.4, -0.2) is 48.0 Å². The molecular formula is C24H18Cl2FN3O4. The number of nitrogens with zero attached hydrogens (tertiary/aromatic N) is 2. The molecule has 0 aliphatic carbocycles. The topological polar surface area (TPSA) is 80.8 Å². The fourth-order valence-corrected chi connectivity index (χ4v) is 4.13. The lowest BCUT2D eigenvalue weighted by Crippen LogP contribution is -2.52. The third kappa shape index (κ3) is 4.51. The maximum atomic E-state index is 14.5. The van der Waals surface area contributed by atoms with E-state index >= 15 is 0 Å². The molecule has 5 rings (SSSR count). The van der Waals surface area contributed by atoms with Crippen LogP contribution < -0.4 is 14.8 Å². The number of nitrogens with one attached hydrogen (secondary N) is 1. The van der Waals surface area contributed by atoms with Crippen LogP contribution in [0.15, 0.2) is 48.7 Å². The van der Waals surface area contributed by atoms with Gasteiger partial charge in [0.05, 0.1) is 28.6 Å². The Morgan fingerprint density at radius 1 is 1.18 bits per heavy atom. The van der Waals surface area contributed by atoms with Crippen molar-refractivity contribution in [1.29, 1.82) is 0 Å². The molecule has 34 heavy (non-hydrogen) atoms. The maximum absolute atomic E-state index is 14.5. The van der Waals surface area contributed by atoms with Crippen LogP contribution in [0.1, 0.15) is 10.4 Å². The number of pyridine rings is 1. The Labute approximate surface area is 204 Å². The third-order valence-corrected chi connectivity index (χ3v) is 6.06. The van der Waals surface area contributed by atoms with E-state index in [1.807, 2.05) is 0 Å². The van der Waals surface area contributed by atoms with Gasteiger partial charge >= 0.3 is 0 Å². The smallest absolute Gasteiger partial charge is 0.262 e. The van der Waals surface area contributed by atoms with Gasteiger partial charge in [-0.15, -0.1) is 0 Å². The zero-order valence-electron chi connectivity index (χ0n) is 17.7. The number of likely N-dealkylation sites (tertiary alicyclic amines) is 1. The van der Waals surface area contributed by atoms with Crippen LogP contribution in [0.25, 0.3) is 11.3 Å². The first kappa shape index (κ1) is 22.4. The Balaban J connectivity index is 1.23. The number of hydrogen-bond acceptors (Lipinski definition) is 5. The largest absolute Gasteiger partial charge is 0.492 e. The van der Waals surface area contributed by atoms with Crippen molar-refractivity contribution in [2.75, 3.05) is 31.6 Å². The Hall–Kier alpha value is -3.36. The summed E-state index contributed by atoms with van der Waals surface area (Å²) in [5.74, 6) is -0.601. The molecule has 0 bridgehead atoms. The highest BCUT2D eigenvalue weighted by atomic mass is 35.5. The fraction of sp³-hybridized carbons (Fsp3) is 0.208. The molecule has 0 radical (unpaired) electrons. The standard InChI is InChI=1S/C24H18Cl2FN3O4/c25-14-2-4-21(17(5-14)19-3-1-15(26)8-28-19)33-11-13-9-30(10-13)24(32)16-6-20-22(7-18(16)27)34-12-23(31)29-20/h1-8,13H,9-12H2,(H,29,31). The normalized spacial score (nSPS) is 15.1. The molecule has 2 aliphatic rings. The van der Waals surface area contributed by atoms with E-state index in [-0.39, 0.29) is 35.4 Å². The predicted molar refractivity (Wildman–Crippen MR) is 125 cm³/mol. The highest BCUT2D eigenvalue weighted by Crippen LogP contribution is 2.34. The number of halogens is 3. The summed E-state index contributed by atoms with van der Waals surface area (Å²) in [6.07, 6.45) is 1.55. The minimum Gasteiger partial charge on any atom is -0.492 e. The molecule has 2 aromatic carbocycles. The predicted octanol–water partition coefficient (Wildman–Crippen LogP) is 4.68. The number of rotatable bonds is 5. The molecule has 1 fully saturated rings. The lowest BCUT2D eigenvalue weighted by molar-refractivity contribution is -0.118. The molecule has 2 aliphatic heterocycles. The number of ether oxygens (including phenoxy) is 2. The van der Waals surface area contributed by atoms with Crippen molar-refractivity contribution < 1.29 is 23.5 Å². The van der Waals surface area contributed by atoms with Gasteiger partial charge in [0.1, 0.15) is 17.3 Å². The molecule has 174 valence electrons. The van der Waals surface area contributed by atoms with Gasteiger partial charge in [-0.05, 0) is 36.4 Å². The van der Waals surface area contributed by atoms with Gasteiger partial charge in [0.15, 0.2) is 6.61 Å². The highest BCUT2D eigenvalue weighted by molar-refractivity contribution is 6.31. The quantitative estimate of drug-likeness (QED) is 0.549. The van der Waals surface area contributed by atoms with Crippen LogP contribution in [0.3, 0.4) is 0 Å². The summed E-state index contributed by atoms with van der Waals surface area (Å²) in [6.45, 7) is 1.01. The summed E-state index contributed by atoms with van der Waals surface area (Å²) >= 11 is 12.1. The summed E-state index contributed by atoms with van der Waals surface area (Å²) in [4.78, 5) is 30.2. The average molecular weight is 502 g/mol. The molecule has 1 N–H and O–H groups in total. The number of carbonyl (C=O) groups is 2. The van der Waals surface area contributed by atoms with Gasteiger partial charge in [0, 0.05) is 41.9 Å². The average Bonchev–Trinajstić information content (AvgIpc) is 2.79. The van der Waals surface area contributed by atoms with E-state index in [1.54, 1.807) is 36.5 Å². The first-order valence-electron chi connectivity index (χ1n) is 10.5. The summed E-state index contributed by atoms with van der Waals surface area (Å²) in [6, 6.07) is 11.2.